The molecular weight excluding hydrogens is 392 g/mol. The molecule has 0 amide bonds. The average Bonchev–Trinajstić information content (AvgIpc) is 2.67. The molecule has 0 fully saturated rings. The Bertz CT molecular complexity index is 1140. The van der Waals surface area contributed by atoms with Crippen molar-refractivity contribution in [1.82, 2.24) is 4.98 Å². The topological polar surface area (TPSA) is 94.6 Å². The number of anilines is 1. The molecular formula is C21H22N2O5S. The van der Waals surface area contributed by atoms with Gasteiger partial charge in [-0.2, -0.15) is 0 Å². The predicted molar refractivity (Wildman–Crippen MR) is 111 cm³/mol. The molecule has 2 aromatic carbocycles. The Kier molecular flexibility index (Phi) is 6.03. The van der Waals surface area contributed by atoms with Crippen LogP contribution < -0.4 is 9.46 Å². The Hall–Kier alpha value is -3.13. The summed E-state index contributed by atoms with van der Waals surface area (Å²) in [5.74, 6) is -0.172. The highest BCUT2D eigenvalue weighted by molar-refractivity contribution is 7.92. The van der Waals surface area contributed by atoms with Gasteiger partial charge in [0, 0.05) is 17.1 Å². The molecule has 29 heavy (non-hydrogen) atoms. The number of carbonyl (C=O) groups excluding carboxylic acids is 1. The van der Waals surface area contributed by atoms with E-state index in [0.717, 1.165) is 11.3 Å². The minimum atomic E-state index is -3.83. The molecule has 0 aliphatic carbocycles. The molecule has 0 radical (unpaired) electrons. The normalized spacial score (nSPS) is 11.3. The van der Waals surface area contributed by atoms with E-state index in [0.29, 0.717) is 16.7 Å². The molecule has 1 heterocycles. The first-order valence-corrected chi connectivity index (χ1v) is 10.6. The van der Waals surface area contributed by atoms with Gasteiger partial charge in [0.05, 0.1) is 22.7 Å². The Morgan fingerprint density at radius 3 is 2.48 bits per heavy atom. The zero-order valence-electron chi connectivity index (χ0n) is 16.4. The molecule has 1 aromatic heterocycles. The van der Waals surface area contributed by atoms with Gasteiger partial charge >= 0.3 is 5.97 Å². The van der Waals surface area contributed by atoms with Crippen LogP contribution in [0.15, 0.2) is 53.4 Å². The molecule has 0 aliphatic heterocycles. The summed E-state index contributed by atoms with van der Waals surface area (Å²) in [6, 6.07) is 13.4. The fourth-order valence-corrected chi connectivity index (χ4v) is 3.79. The summed E-state index contributed by atoms with van der Waals surface area (Å²) in [5, 5.41) is 0.679. The second-order valence-corrected chi connectivity index (χ2v) is 8.19. The number of fused-ring (bicyclic) bond motifs is 1. The number of nitrogens with zero attached hydrogens (tertiary/aromatic N) is 1. The third kappa shape index (κ3) is 5.03. The maximum atomic E-state index is 12.9. The monoisotopic (exact) mass is 414 g/mol. The summed E-state index contributed by atoms with van der Waals surface area (Å²) >= 11 is 0. The molecule has 0 saturated carbocycles. The van der Waals surface area contributed by atoms with Crippen LogP contribution in [0.4, 0.5) is 5.69 Å². The number of nitrogens with one attached hydrogen (secondary N) is 1. The third-order valence-corrected chi connectivity index (χ3v) is 5.52. The maximum Gasteiger partial charge on any atom is 0.344 e. The van der Waals surface area contributed by atoms with Crippen molar-refractivity contribution in [2.75, 3.05) is 17.9 Å². The van der Waals surface area contributed by atoms with E-state index < -0.39 is 16.0 Å². The molecule has 3 aromatic rings. The van der Waals surface area contributed by atoms with Gasteiger partial charge in [-0.1, -0.05) is 23.8 Å². The van der Waals surface area contributed by atoms with Crippen LogP contribution in [0.2, 0.25) is 0 Å². The first-order valence-electron chi connectivity index (χ1n) is 9.08. The number of benzene rings is 2. The molecule has 0 bridgehead atoms. The molecule has 0 spiro atoms. The van der Waals surface area contributed by atoms with Crippen LogP contribution in [0.1, 0.15) is 18.2 Å². The van der Waals surface area contributed by atoms with E-state index in [2.05, 4.69) is 9.71 Å². The van der Waals surface area contributed by atoms with Gasteiger partial charge in [-0.15, -0.1) is 0 Å². The summed E-state index contributed by atoms with van der Waals surface area (Å²) < 4.78 is 38.6. The molecule has 7 nitrogen and oxygen atoms in total. The van der Waals surface area contributed by atoms with Crippen LogP contribution >= 0.6 is 0 Å². The van der Waals surface area contributed by atoms with Gasteiger partial charge in [0.15, 0.2) is 6.61 Å². The zero-order valence-corrected chi connectivity index (χ0v) is 17.2. The highest BCUT2D eigenvalue weighted by Crippen LogP contribution is 2.30. The van der Waals surface area contributed by atoms with Crippen LogP contribution in [0.5, 0.6) is 5.75 Å². The number of hydrogen-bond donors (Lipinski definition) is 1. The van der Waals surface area contributed by atoms with Crippen LogP contribution in [0, 0.1) is 13.8 Å². The summed E-state index contributed by atoms with van der Waals surface area (Å²) in [6.07, 6.45) is 0. The number of pyridine rings is 1. The van der Waals surface area contributed by atoms with Crippen LogP contribution in [-0.4, -0.2) is 32.6 Å². The zero-order chi connectivity index (χ0) is 21.0. The van der Waals surface area contributed by atoms with Crippen molar-refractivity contribution in [2.24, 2.45) is 0 Å². The van der Waals surface area contributed by atoms with Gasteiger partial charge in [0.25, 0.3) is 10.0 Å². The highest BCUT2D eigenvalue weighted by Gasteiger charge is 2.17. The van der Waals surface area contributed by atoms with Crippen molar-refractivity contribution in [1.29, 1.82) is 0 Å². The van der Waals surface area contributed by atoms with Crippen molar-refractivity contribution in [3.05, 3.63) is 59.8 Å². The second kappa shape index (κ2) is 8.48. The largest absolute Gasteiger partial charge is 0.482 e. The second-order valence-electron chi connectivity index (χ2n) is 6.51. The van der Waals surface area contributed by atoms with Crippen molar-refractivity contribution >= 4 is 32.6 Å². The standard InChI is InChI=1S/C21H22N2O5S/c1-4-27-20(24)13-28-17-11-16-8-7-15(3)22-21(16)19(12-17)23-29(25,26)18-9-5-14(2)6-10-18/h5-12,23H,4,13H2,1-3H3. The van der Waals surface area contributed by atoms with Crippen molar-refractivity contribution in [2.45, 2.75) is 25.7 Å². The van der Waals surface area contributed by atoms with Gasteiger partial charge in [0.1, 0.15) is 5.75 Å². The first-order chi connectivity index (χ1) is 13.8. The van der Waals surface area contributed by atoms with E-state index in [4.69, 9.17) is 9.47 Å². The fraction of sp³-hybridized carbons (Fsp3) is 0.238. The first kappa shape index (κ1) is 20.6. The Labute approximate surface area is 169 Å². The molecule has 8 heteroatoms. The number of hydrogen-bond acceptors (Lipinski definition) is 6. The quantitative estimate of drug-likeness (QED) is 0.594. The van der Waals surface area contributed by atoms with Gasteiger partial charge in [-0.3, -0.25) is 9.71 Å². The van der Waals surface area contributed by atoms with Gasteiger partial charge < -0.3 is 9.47 Å². The lowest BCUT2D eigenvalue weighted by atomic mass is 10.1. The number of ether oxygens (including phenoxy) is 2. The van der Waals surface area contributed by atoms with E-state index in [1.165, 1.54) is 6.07 Å². The molecule has 0 unspecified atom stereocenters. The minimum absolute atomic E-state index is 0.141. The van der Waals surface area contributed by atoms with Crippen LogP contribution in [-0.2, 0) is 19.6 Å². The summed E-state index contributed by atoms with van der Waals surface area (Å²) in [6.45, 7) is 5.39. The predicted octanol–water partition coefficient (Wildman–Crippen LogP) is 3.59. The number of aryl methyl sites for hydroxylation is 2. The summed E-state index contributed by atoms with van der Waals surface area (Å²) in [5.41, 5.74) is 2.46. The van der Waals surface area contributed by atoms with Crippen LogP contribution in [0.3, 0.4) is 0 Å². The van der Waals surface area contributed by atoms with E-state index in [-0.39, 0.29) is 23.8 Å². The minimum Gasteiger partial charge on any atom is -0.482 e. The number of esters is 1. The molecule has 0 saturated heterocycles. The molecule has 0 aliphatic rings. The smallest absolute Gasteiger partial charge is 0.344 e. The summed E-state index contributed by atoms with van der Waals surface area (Å²) in [7, 11) is -3.83. The number of carbonyl (C=O) groups is 1. The third-order valence-electron chi connectivity index (χ3n) is 4.14. The highest BCUT2D eigenvalue weighted by atomic mass is 32.2. The van der Waals surface area contributed by atoms with Crippen molar-refractivity contribution < 1.29 is 22.7 Å². The molecule has 3 rings (SSSR count). The summed E-state index contributed by atoms with van der Waals surface area (Å²) in [4.78, 5) is 16.2. The van der Waals surface area contributed by atoms with Crippen molar-refractivity contribution in [3.63, 3.8) is 0 Å². The number of aromatic nitrogens is 1. The number of rotatable bonds is 7. The van der Waals surface area contributed by atoms with Gasteiger partial charge in [-0.05, 0) is 45.0 Å². The van der Waals surface area contributed by atoms with Gasteiger partial charge in [0.2, 0.25) is 0 Å². The van der Waals surface area contributed by atoms with Gasteiger partial charge in [-0.25, -0.2) is 13.2 Å². The Balaban J connectivity index is 1.99. The van der Waals surface area contributed by atoms with E-state index >= 15 is 0 Å². The number of sulfonamides is 1. The molecule has 152 valence electrons. The van der Waals surface area contributed by atoms with Crippen molar-refractivity contribution in [3.8, 4) is 5.75 Å². The molecule has 1 N–H and O–H groups in total. The van der Waals surface area contributed by atoms with E-state index in [1.807, 2.05) is 26.0 Å². The lowest BCUT2D eigenvalue weighted by Crippen LogP contribution is -2.16. The Morgan fingerprint density at radius 2 is 1.79 bits per heavy atom. The van der Waals surface area contributed by atoms with Crippen LogP contribution in [0.25, 0.3) is 10.9 Å². The average molecular weight is 414 g/mol. The van der Waals surface area contributed by atoms with E-state index in [9.17, 15) is 13.2 Å². The van der Waals surface area contributed by atoms with E-state index in [1.54, 1.807) is 37.3 Å². The Morgan fingerprint density at radius 1 is 1.07 bits per heavy atom. The SMILES string of the molecule is CCOC(=O)COc1cc(NS(=O)(=O)c2ccc(C)cc2)c2nc(C)ccc2c1. The lowest BCUT2D eigenvalue weighted by Gasteiger charge is -2.14. The molecule has 0 atom stereocenters. The maximum absolute atomic E-state index is 12.9. The fourth-order valence-electron chi connectivity index (χ4n) is 2.73. The lowest BCUT2D eigenvalue weighted by molar-refractivity contribution is -0.145.